The lowest BCUT2D eigenvalue weighted by Gasteiger charge is -2.28. The molecule has 1 saturated carbocycles. The van der Waals surface area contributed by atoms with Crippen LogP contribution in [-0.2, 0) is 0 Å². The number of ether oxygens (including phenoxy) is 1. The molecule has 1 aromatic heterocycles. The summed E-state index contributed by atoms with van der Waals surface area (Å²) in [6, 6.07) is 10.00. The van der Waals surface area contributed by atoms with Gasteiger partial charge in [-0.2, -0.15) is 5.10 Å². The maximum absolute atomic E-state index is 11.9. The third-order valence-electron chi connectivity index (χ3n) is 4.82. The summed E-state index contributed by atoms with van der Waals surface area (Å²) in [6.07, 6.45) is 9.11. The summed E-state index contributed by atoms with van der Waals surface area (Å²) in [4.78, 5) is 11.9. The summed E-state index contributed by atoms with van der Waals surface area (Å²) in [5, 5.41) is 9.47. The molecule has 1 aromatic carbocycles. The standard InChI is InChI=1S/C19H25N3O2/c23-19(17-13-21-22-14-17)20-12-16-8-6-15(7-9-16)10-11-24-18-4-2-1-3-5-18/h1-5,13-16H,6-12H2,(H,20,23)(H,21,22)/t15-,16+. The lowest BCUT2D eigenvalue weighted by molar-refractivity contribution is 0.0940. The van der Waals surface area contributed by atoms with Crippen LogP contribution in [0, 0.1) is 11.8 Å². The highest BCUT2D eigenvalue weighted by Crippen LogP contribution is 2.30. The predicted octanol–water partition coefficient (Wildman–Crippen LogP) is 3.42. The Balaban J connectivity index is 1.30. The molecular formula is C19H25N3O2. The van der Waals surface area contributed by atoms with E-state index < -0.39 is 0 Å². The van der Waals surface area contributed by atoms with Crippen LogP contribution >= 0.6 is 0 Å². The Bertz CT molecular complexity index is 605. The maximum Gasteiger partial charge on any atom is 0.254 e. The number of nitrogens with one attached hydrogen (secondary N) is 2. The van der Waals surface area contributed by atoms with Crippen molar-refractivity contribution in [1.82, 2.24) is 15.5 Å². The SMILES string of the molecule is O=C(NC[C@H]1CC[C@@H](CCOc2ccccc2)CC1)c1cn[nH]c1. The van der Waals surface area contributed by atoms with Gasteiger partial charge in [-0.1, -0.05) is 18.2 Å². The van der Waals surface area contributed by atoms with Gasteiger partial charge in [0.2, 0.25) is 0 Å². The molecule has 1 fully saturated rings. The topological polar surface area (TPSA) is 67.0 Å². The minimum absolute atomic E-state index is 0.0397. The number of hydrogen-bond donors (Lipinski definition) is 2. The van der Waals surface area contributed by atoms with Crippen molar-refractivity contribution >= 4 is 5.91 Å². The monoisotopic (exact) mass is 327 g/mol. The number of carbonyl (C=O) groups is 1. The quantitative estimate of drug-likeness (QED) is 0.819. The van der Waals surface area contributed by atoms with E-state index in [1.165, 1.54) is 25.7 Å². The van der Waals surface area contributed by atoms with Gasteiger partial charge < -0.3 is 10.1 Å². The van der Waals surface area contributed by atoms with Gasteiger partial charge >= 0.3 is 0 Å². The normalized spacial score (nSPS) is 20.5. The molecule has 5 nitrogen and oxygen atoms in total. The van der Waals surface area contributed by atoms with Crippen molar-refractivity contribution in [2.45, 2.75) is 32.1 Å². The van der Waals surface area contributed by atoms with Crippen LogP contribution in [0.5, 0.6) is 5.75 Å². The minimum atomic E-state index is -0.0397. The van der Waals surface area contributed by atoms with Crippen LogP contribution in [0.3, 0.4) is 0 Å². The first-order valence-corrected chi connectivity index (χ1v) is 8.76. The summed E-state index contributed by atoms with van der Waals surface area (Å²) in [7, 11) is 0. The zero-order chi connectivity index (χ0) is 16.6. The van der Waals surface area contributed by atoms with Crippen molar-refractivity contribution in [1.29, 1.82) is 0 Å². The summed E-state index contributed by atoms with van der Waals surface area (Å²) < 4.78 is 5.79. The first-order valence-electron chi connectivity index (χ1n) is 8.76. The summed E-state index contributed by atoms with van der Waals surface area (Å²) >= 11 is 0. The largest absolute Gasteiger partial charge is 0.494 e. The first kappa shape index (κ1) is 16.6. The lowest BCUT2D eigenvalue weighted by Crippen LogP contribution is -2.31. The van der Waals surface area contributed by atoms with Crippen molar-refractivity contribution in [2.24, 2.45) is 11.8 Å². The average molecular weight is 327 g/mol. The number of aromatic amines is 1. The zero-order valence-electron chi connectivity index (χ0n) is 13.9. The van der Waals surface area contributed by atoms with Gasteiger partial charge in [0.25, 0.3) is 5.91 Å². The molecule has 0 spiro atoms. The molecule has 1 aliphatic rings. The molecule has 1 amide bonds. The number of carbonyl (C=O) groups excluding carboxylic acids is 1. The number of para-hydroxylation sites is 1. The molecule has 2 aromatic rings. The van der Waals surface area contributed by atoms with E-state index in [0.29, 0.717) is 11.5 Å². The van der Waals surface area contributed by atoms with Crippen LogP contribution in [0.25, 0.3) is 0 Å². The number of H-pyrrole nitrogens is 1. The Morgan fingerprint density at radius 2 is 1.92 bits per heavy atom. The van der Waals surface area contributed by atoms with Crippen molar-refractivity contribution in [2.75, 3.05) is 13.2 Å². The fourth-order valence-corrected chi connectivity index (χ4v) is 3.30. The fraction of sp³-hybridized carbons (Fsp3) is 0.474. The van der Waals surface area contributed by atoms with Crippen molar-refractivity contribution < 1.29 is 9.53 Å². The van der Waals surface area contributed by atoms with Crippen molar-refractivity contribution in [3.8, 4) is 5.75 Å². The molecule has 128 valence electrons. The highest BCUT2D eigenvalue weighted by molar-refractivity contribution is 5.93. The van der Waals surface area contributed by atoms with Gasteiger partial charge in [0.15, 0.2) is 0 Å². The van der Waals surface area contributed by atoms with Crippen LogP contribution in [-0.4, -0.2) is 29.3 Å². The molecule has 0 bridgehead atoms. The molecule has 1 heterocycles. The van der Waals surface area contributed by atoms with E-state index in [9.17, 15) is 4.79 Å². The third-order valence-corrected chi connectivity index (χ3v) is 4.82. The van der Waals surface area contributed by atoms with Crippen LogP contribution in [0.2, 0.25) is 0 Å². The molecule has 0 atom stereocenters. The molecule has 0 aliphatic heterocycles. The van der Waals surface area contributed by atoms with E-state index in [1.807, 2.05) is 30.3 Å². The molecule has 0 unspecified atom stereocenters. The minimum Gasteiger partial charge on any atom is -0.494 e. The Morgan fingerprint density at radius 1 is 1.17 bits per heavy atom. The molecule has 5 heteroatoms. The fourth-order valence-electron chi connectivity index (χ4n) is 3.30. The van der Waals surface area contributed by atoms with Crippen LogP contribution in [0.4, 0.5) is 0 Å². The van der Waals surface area contributed by atoms with Gasteiger partial charge in [0, 0.05) is 12.7 Å². The van der Waals surface area contributed by atoms with Crippen molar-refractivity contribution in [3.05, 3.63) is 48.3 Å². The van der Waals surface area contributed by atoms with E-state index >= 15 is 0 Å². The van der Waals surface area contributed by atoms with Gasteiger partial charge in [-0.15, -0.1) is 0 Å². The third kappa shape index (κ3) is 4.85. The average Bonchev–Trinajstić information content (AvgIpc) is 3.16. The highest BCUT2D eigenvalue weighted by atomic mass is 16.5. The van der Waals surface area contributed by atoms with E-state index in [4.69, 9.17) is 4.74 Å². The number of aromatic nitrogens is 2. The summed E-state index contributed by atoms with van der Waals surface area (Å²) in [5.41, 5.74) is 0.599. The molecule has 3 rings (SSSR count). The molecule has 1 aliphatic carbocycles. The number of amides is 1. The van der Waals surface area contributed by atoms with E-state index in [0.717, 1.165) is 31.2 Å². The highest BCUT2D eigenvalue weighted by Gasteiger charge is 2.21. The second-order valence-electron chi connectivity index (χ2n) is 6.53. The van der Waals surface area contributed by atoms with E-state index in [-0.39, 0.29) is 5.91 Å². The van der Waals surface area contributed by atoms with Crippen molar-refractivity contribution in [3.63, 3.8) is 0 Å². The molecule has 2 N–H and O–H groups in total. The van der Waals surface area contributed by atoms with Crippen LogP contribution < -0.4 is 10.1 Å². The van der Waals surface area contributed by atoms with Crippen LogP contribution in [0.15, 0.2) is 42.7 Å². The molecular weight excluding hydrogens is 302 g/mol. The van der Waals surface area contributed by atoms with Gasteiger partial charge in [-0.3, -0.25) is 9.89 Å². The zero-order valence-corrected chi connectivity index (χ0v) is 13.9. The number of rotatable bonds is 7. The van der Waals surface area contributed by atoms with E-state index in [1.54, 1.807) is 12.4 Å². The number of hydrogen-bond acceptors (Lipinski definition) is 3. The number of nitrogens with zero attached hydrogens (tertiary/aromatic N) is 1. The maximum atomic E-state index is 11.9. The summed E-state index contributed by atoms with van der Waals surface area (Å²) in [6.45, 7) is 1.55. The van der Waals surface area contributed by atoms with Gasteiger partial charge in [0.1, 0.15) is 5.75 Å². The Morgan fingerprint density at radius 3 is 2.62 bits per heavy atom. The Labute approximate surface area is 142 Å². The second kappa shape index (κ2) is 8.52. The van der Waals surface area contributed by atoms with Gasteiger partial charge in [0.05, 0.1) is 18.4 Å². The second-order valence-corrected chi connectivity index (χ2v) is 6.53. The molecule has 0 radical (unpaired) electrons. The first-order chi connectivity index (χ1) is 11.8. The van der Waals surface area contributed by atoms with Gasteiger partial charge in [-0.05, 0) is 56.1 Å². The Kier molecular flexibility index (Phi) is 5.88. The van der Waals surface area contributed by atoms with Crippen LogP contribution in [0.1, 0.15) is 42.5 Å². The smallest absolute Gasteiger partial charge is 0.254 e. The van der Waals surface area contributed by atoms with E-state index in [2.05, 4.69) is 15.5 Å². The Hall–Kier alpha value is -2.30. The summed E-state index contributed by atoms with van der Waals surface area (Å²) in [5.74, 6) is 2.25. The number of benzene rings is 1. The predicted molar refractivity (Wildman–Crippen MR) is 92.9 cm³/mol. The lowest BCUT2D eigenvalue weighted by atomic mass is 9.80. The van der Waals surface area contributed by atoms with Gasteiger partial charge in [-0.25, -0.2) is 0 Å². The molecule has 24 heavy (non-hydrogen) atoms. The molecule has 0 saturated heterocycles.